The summed E-state index contributed by atoms with van der Waals surface area (Å²) in [5, 5.41) is 3.22. The molecule has 1 aromatic carbocycles. The number of imidazole rings is 1. The zero-order valence-electron chi connectivity index (χ0n) is 13.7. The second kappa shape index (κ2) is 6.94. The molecule has 0 aliphatic rings. The van der Waals surface area contributed by atoms with Crippen molar-refractivity contribution in [2.24, 2.45) is 0 Å². The molecule has 0 bridgehead atoms. The first-order valence-corrected chi connectivity index (χ1v) is 7.99. The monoisotopic (exact) mass is 357 g/mol. The van der Waals surface area contributed by atoms with E-state index in [1.807, 2.05) is 25.3 Å². The fourth-order valence-electron chi connectivity index (χ4n) is 2.32. The van der Waals surface area contributed by atoms with Crippen molar-refractivity contribution >= 4 is 34.8 Å². The lowest BCUT2D eigenvalue weighted by atomic mass is 10.2. The Morgan fingerprint density at radius 1 is 1.28 bits per heavy atom. The quantitative estimate of drug-likeness (QED) is 0.726. The second-order valence-corrected chi connectivity index (χ2v) is 6.04. The number of hydrogen-bond donors (Lipinski definition) is 1. The van der Waals surface area contributed by atoms with Gasteiger partial charge < -0.3 is 14.5 Å². The van der Waals surface area contributed by atoms with Crippen LogP contribution in [0.15, 0.2) is 42.7 Å². The van der Waals surface area contributed by atoms with Crippen molar-refractivity contribution in [3.05, 3.63) is 64.6 Å². The van der Waals surface area contributed by atoms with Gasteiger partial charge >= 0.3 is 5.97 Å². The van der Waals surface area contributed by atoms with E-state index in [2.05, 4.69) is 10.3 Å². The van der Waals surface area contributed by atoms with Gasteiger partial charge in [-0.05, 0) is 49.2 Å². The van der Waals surface area contributed by atoms with Crippen LogP contribution in [0.25, 0.3) is 5.65 Å². The standard InChI is InChI=1S/C18H16ClN3O3/c1-11-6-7-22-9-15(20-16(22)8-11)18(24)25-10-17(23)21-14-5-3-4-13(19)12(14)2/h3-9H,10H2,1-2H3,(H,21,23). The third-order valence-electron chi connectivity index (χ3n) is 3.70. The predicted molar refractivity (Wildman–Crippen MR) is 95.0 cm³/mol. The Hall–Kier alpha value is -2.86. The van der Waals surface area contributed by atoms with Crippen LogP contribution in [0.5, 0.6) is 0 Å². The maximum atomic E-state index is 12.1. The van der Waals surface area contributed by atoms with Gasteiger partial charge in [0.25, 0.3) is 5.91 Å². The van der Waals surface area contributed by atoms with Gasteiger partial charge in [0.1, 0.15) is 5.65 Å². The number of pyridine rings is 1. The molecule has 0 atom stereocenters. The maximum Gasteiger partial charge on any atom is 0.359 e. The van der Waals surface area contributed by atoms with Crippen LogP contribution in [0.4, 0.5) is 5.69 Å². The molecule has 3 aromatic rings. The maximum absolute atomic E-state index is 12.1. The summed E-state index contributed by atoms with van der Waals surface area (Å²) >= 11 is 6.01. The molecule has 0 spiro atoms. The van der Waals surface area contributed by atoms with E-state index in [1.165, 1.54) is 0 Å². The highest BCUT2D eigenvalue weighted by Gasteiger charge is 2.15. The Morgan fingerprint density at radius 2 is 2.08 bits per heavy atom. The van der Waals surface area contributed by atoms with E-state index in [-0.39, 0.29) is 5.69 Å². The third-order valence-corrected chi connectivity index (χ3v) is 4.11. The molecule has 0 unspecified atom stereocenters. The summed E-state index contributed by atoms with van der Waals surface area (Å²) in [5.41, 5.74) is 3.16. The molecule has 0 saturated heterocycles. The number of ether oxygens (including phenoxy) is 1. The van der Waals surface area contributed by atoms with Gasteiger partial charge in [0.2, 0.25) is 0 Å². The van der Waals surface area contributed by atoms with Crippen LogP contribution in [0.1, 0.15) is 21.6 Å². The van der Waals surface area contributed by atoms with Crippen LogP contribution in [0.2, 0.25) is 5.02 Å². The molecule has 25 heavy (non-hydrogen) atoms. The summed E-state index contributed by atoms with van der Waals surface area (Å²) in [4.78, 5) is 28.2. The highest BCUT2D eigenvalue weighted by atomic mass is 35.5. The van der Waals surface area contributed by atoms with Crippen molar-refractivity contribution < 1.29 is 14.3 Å². The molecule has 6 nitrogen and oxygen atoms in total. The summed E-state index contributed by atoms with van der Waals surface area (Å²) < 4.78 is 6.75. The average molecular weight is 358 g/mol. The number of rotatable bonds is 4. The van der Waals surface area contributed by atoms with Crippen molar-refractivity contribution in [3.63, 3.8) is 0 Å². The molecule has 0 aliphatic heterocycles. The van der Waals surface area contributed by atoms with Crippen LogP contribution in [-0.2, 0) is 9.53 Å². The Bertz CT molecular complexity index is 965. The molecule has 0 radical (unpaired) electrons. The number of benzene rings is 1. The summed E-state index contributed by atoms with van der Waals surface area (Å²) in [5.74, 6) is -1.10. The molecule has 0 fully saturated rings. The lowest BCUT2D eigenvalue weighted by Crippen LogP contribution is -2.21. The molecule has 2 heterocycles. The van der Waals surface area contributed by atoms with Gasteiger partial charge in [-0.3, -0.25) is 4.79 Å². The number of halogens is 1. The first-order valence-electron chi connectivity index (χ1n) is 7.61. The second-order valence-electron chi connectivity index (χ2n) is 5.63. The molecule has 0 saturated carbocycles. The Kier molecular flexibility index (Phi) is 4.72. The summed E-state index contributed by atoms with van der Waals surface area (Å²) in [6.45, 7) is 3.33. The summed E-state index contributed by atoms with van der Waals surface area (Å²) in [6.07, 6.45) is 3.37. The normalized spacial score (nSPS) is 10.7. The van der Waals surface area contributed by atoms with E-state index in [1.54, 1.807) is 35.7 Å². The number of anilines is 1. The van der Waals surface area contributed by atoms with Crippen molar-refractivity contribution in [2.45, 2.75) is 13.8 Å². The molecule has 7 heteroatoms. The van der Waals surface area contributed by atoms with Crippen molar-refractivity contribution in [1.29, 1.82) is 0 Å². The SMILES string of the molecule is Cc1ccn2cc(C(=O)OCC(=O)Nc3cccc(Cl)c3C)nc2c1. The van der Waals surface area contributed by atoms with Gasteiger partial charge in [0.05, 0.1) is 0 Å². The van der Waals surface area contributed by atoms with E-state index in [4.69, 9.17) is 16.3 Å². The first kappa shape index (κ1) is 17.0. The van der Waals surface area contributed by atoms with Crippen molar-refractivity contribution in [1.82, 2.24) is 9.38 Å². The number of nitrogens with one attached hydrogen (secondary N) is 1. The van der Waals surface area contributed by atoms with E-state index in [9.17, 15) is 9.59 Å². The number of nitrogens with zero attached hydrogens (tertiary/aromatic N) is 2. The lowest BCUT2D eigenvalue weighted by molar-refractivity contribution is -0.119. The smallest absolute Gasteiger partial charge is 0.359 e. The Labute approximate surface area is 149 Å². The number of amides is 1. The molecule has 3 rings (SSSR count). The number of hydrogen-bond acceptors (Lipinski definition) is 4. The van der Waals surface area contributed by atoms with E-state index >= 15 is 0 Å². The fraction of sp³-hybridized carbons (Fsp3) is 0.167. The van der Waals surface area contributed by atoms with Crippen molar-refractivity contribution in [2.75, 3.05) is 11.9 Å². The molecule has 1 amide bonds. The molecule has 0 aliphatic carbocycles. The Morgan fingerprint density at radius 3 is 2.88 bits per heavy atom. The van der Waals surface area contributed by atoms with Gasteiger partial charge in [0.15, 0.2) is 12.3 Å². The Balaban J connectivity index is 1.63. The number of aromatic nitrogens is 2. The predicted octanol–water partition coefficient (Wildman–Crippen LogP) is 3.40. The van der Waals surface area contributed by atoms with E-state index < -0.39 is 18.5 Å². The first-order chi connectivity index (χ1) is 11.9. The van der Waals surface area contributed by atoms with Crippen LogP contribution >= 0.6 is 11.6 Å². The number of fused-ring (bicyclic) bond motifs is 1. The zero-order valence-corrected chi connectivity index (χ0v) is 14.5. The largest absolute Gasteiger partial charge is 0.451 e. The van der Waals surface area contributed by atoms with E-state index in [0.717, 1.165) is 11.1 Å². The van der Waals surface area contributed by atoms with Gasteiger partial charge in [-0.25, -0.2) is 9.78 Å². The molecular formula is C18H16ClN3O3. The topological polar surface area (TPSA) is 72.7 Å². The molecule has 128 valence electrons. The number of carbonyl (C=O) groups is 2. The highest BCUT2D eigenvalue weighted by Crippen LogP contribution is 2.22. The highest BCUT2D eigenvalue weighted by molar-refractivity contribution is 6.31. The van der Waals surface area contributed by atoms with Gasteiger partial charge in [0, 0.05) is 23.1 Å². The summed E-state index contributed by atoms with van der Waals surface area (Å²) in [6, 6.07) is 8.95. The van der Waals surface area contributed by atoms with Crippen molar-refractivity contribution in [3.8, 4) is 0 Å². The van der Waals surface area contributed by atoms with Gasteiger partial charge in [-0.2, -0.15) is 0 Å². The lowest BCUT2D eigenvalue weighted by Gasteiger charge is -2.09. The van der Waals surface area contributed by atoms with Gasteiger partial charge in [-0.1, -0.05) is 17.7 Å². The minimum absolute atomic E-state index is 0.150. The molecule has 2 aromatic heterocycles. The molecule has 1 N–H and O–H groups in total. The molecular weight excluding hydrogens is 342 g/mol. The number of esters is 1. The summed E-state index contributed by atoms with van der Waals surface area (Å²) in [7, 11) is 0. The third kappa shape index (κ3) is 3.80. The van der Waals surface area contributed by atoms with Crippen LogP contribution in [-0.4, -0.2) is 27.9 Å². The zero-order chi connectivity index (χ0) is 18.0. The minimum atomic E-state index is -0.653. The van der Waals surface area contributed by atoms with Crippen LogP contribution < -0.4 is 5.32 Å². The minimum Gasteiger partial charge on any atom is -0.451 e. The van der Waals surface area contributed by atoms with E-state index in [0.29, 0.717) is 16.4 Å². The average Bonchev–Trinajstić information content (AvgIpc) is 3.00. The van der Waals surface area contributed by atoms with Crippen LogP contribution in [0, 0.1) is 13.8 Å². The number of carbonyl (C=O) groups excluding carboxylic acids is 2. The van der Waals surface area contributed by atoms with Crippen LogP contribution in [0.3, 0.4) is 0 Å². The number of aryl methyl sites for hydroxylation is 1. The fourth-order valence-corrected chi connectivity index (χ4v) is 2.49. The van der Waals surface area contributed by atoms with Gasteiger partial charge in [-0.15, -0.1) is 0 Å².